The molecule has 136 valence electrons. The molecule has 26 heavy (non-hydrogen) atoms. The molecule has 0 saturated heterocycles. The Hall–Kier alpha value is -2.44. The number of hydrogen-bond acceptors (Lipinski definition) is 4. The van der Waals surface area contributed by atoms with E-state index in [4.69, 9.17) is 27.9 Å². The second-order valence-electron chi connectivity index (χ2n) is 5.75. The first-order valence-corrected chi connectivity index (χ1v) is 8.70. The van der Waals surface area contributed by atoms with Crippen LogP contribution in [0.25, 0.3) is 0 Å². The van der Waals surface area contributed by atoms with Crippen molar-refractivity contribution in [3.63, 3.8) is 0 Å². The smallest absolute Gasteiger partial charge is 0.262 e. The molecule has 0 aromatic heterocycles. The van der Waals surface area contributed by atoms with Gasteiger partial charge in [0.05, 0.1) is 28.8 Å². The molecule has 0 bridgehead atoms. The highest BCUT2D eigenvalue weighted by atomic mass is 35.5. The van der Waals surface area contributed by atoms with Gasteiger partial charge in [-0.3, -0.25) is 9.59 Å². The summed E-state index contributed by atoms with van der Waals surface area (Å²) in [5, 5.41) is 6.13. The van der Waals surface area contributed by atoms with E-state index in [1.807, 2.05) is 23.1 Å². The Balaban J connectivity index is 1.75. The first kappa shape index (κ1) is 18.4. The van der Waals surface area contributed by atoms with Crippen LogP contribution in [0.15, 0.2) is 42.5 Å². The van der Waals surface area contributed by atoms with Crippen molar-refractivity contribution in [2.75, 3.05) is 30.4 Å². The molecule has 2 aromatic rings. The van der Waals surface area contributed by atoms with Crippen LogP contribution >= 0.6 is 23.2 Å². The summed E-state index contributed by atoms with van der Waals surface area (Å²) in [5.41, 5.74) is 1.31. The van der Waals surface area contributed by atoms with E-state index < -0.39 is 6.10 Å². The normalized spacial score (nSPS) is 15.7. The minimum atomic E-state index is -0.687. The number of carbonyl (C=O) groups excluding carboxylic acids is 2. The van der Waals surface area contributed by atoms with Crippen molar-refractivity contribution < 1.29 is 14.3 Å². The second kappa shape index (κ2) is 7.85. The Kier molecular flexibility index (Phi) is 5.54. The molecule has 8 heteroatoms. The Labute approximate surface area is 161 Å². The lowest BCUT2D eigenvalue weighted by Gasteiger charge is -2.35. The first-order chi connectivity index (χ1) is 12.5. The van der Waals surface area contributed by atoms with Crippen molar-refractivity contribution in [1.29, 1.82) is 0 Å². The predicted molar refractivity (Wildman–Crippen MR) is 102 cm³/mol. The predicted octanol–water partition coefficient (Wildman–Crippen LogP) is 2.95. The lowest BCUT2D eigenvalue weighted by molar-refractivity contribution is -0.127. The van der Waals surface area contributed by atoms with Crippen LogP contribution in [0.4, 0.5) is 11.4 Å². The Morgan fingerprint density at radius 3 is 2.69 bits per heavy atom. The van der Waals surface area contributed by atoms with E-state index in [-0.39, 0.29) is 24.9 Å². The van der Waals surface area contributed by atoms with E-state index in [2.05, 4.69) is 10.6 Å². The number of amides is 2. The maximum Gasteiger partial charge on any atom is 0.262 e. The number of halogens is 2. The maximum atomic E-state index is 12.5. The topological polar surface area (TPSA) is 70.7 Å². The van der Waals surface area contributed by atoms with Crippen molar-refractivity contribution >= 4 is 46.4 Å². The van der Waals surface area contributed by atoms with Gasteiger partial charge >= 0.3 is 0 Å². The zero-order valence-corrected chi connectivity index (χ0v) is 15.5. The summed E-state index contributed by atoms with van der Waals surface area (Å²) in [6.07, 6.45) is -0.687. The van der Waals surface area contributed by atoms with Crippen LogP contribution in [-0.2, 0) is 9.59 Å². The molecular formula is C18H17Cl2N3O3. The summed E-state index contributed by atoms with van der Waals surface area (Å²) < 4.78 is 5.73. The molecule has 1 aliphatic rings. The monoisotopic (exact) mass is 393 g/mol. The van der Waals surface area contributed by atoms with Crippen LogP contribution in [0.3, 0.4) is 0 Å². The van der Waals surface area contributed by atoms with E-state index in [9.17, 15) is 9.59 Å². The number of benzene rings is 2. The number of para-hydroxylation sites is 2. The van der Waals surface area contributed by atoms with Gasteiger partial charge in [0, 0.05) is 12.7 Å². The Morgan fingerprint density at radius 2 is 1.96 bits per heavy atom. The van der Waals surface area contributed by atoms with E-state index in [1.54, 1.807) is 31.3 Å². The van der Waals surface area contributed by atoms with Crippen molar-refractivity contribution in [2.45, 2.75) is 6.10 Å². The van der Waals surface area contributed by atoms with Gasteiger partial charge in [0.15, 0.2) is 6.10 Å². The third-order valence-corrected chi connectivity index (χ3v) is 4.68. The molecule has 1 atom stereocenters. The molecule has 2 N–H and O–H groups in total. The molecule has 0 saturated carbocycles. The zero-order valence-electron chi connectivity index (χ0n) is 14.0. The number of nitrogens with one attached hydrogen (secondary N) is 2. The van der Waals surface area contributed by atoms with Gasteiger partial charge in [-0.15, -0.1) is 0 Å². The number of ether oxygens (including phenoxy) is 1. The standard InChI is InChI=1S/C18H17Cl2N3O3/c1-21-18(25)16-9-23(14-4-2-3-5-15(14)26-16)10-17(24)22-11-6-7-12(19)13(20)8-11/h2-8,16H,9-10H2,1H3,(H,21,25)(H,22,24). The van der Waals surface area contributed by atoms with Gasteiger partial charge in [0.2, 0.25) is 5.91 Å². The van der Waals surface area contributed by atoms with E-state index in [0.29, 0.717) is 21.5 Å². The fourth-order valence-corrected chi connectivity index (χ4v) is 3.00. The number of carbonyl (C=O) groups is 2. The molecule has 2 aromatic carbocycles. The van der Waals surface area contributed by atoms with Crippen LogP contribution in [0, 0.1) is 0 Å². The van der Waals surface area contributed by atoms with Gasteiger partial charge in [-0.1, -0.05) is 35.3 Å². The molecule has 1 aliphatic heterocycles. The van der Waals surface area contributed by atoms with Crippen LogP contribution in [0.5, 0.6) is 5.75 Å². The average molecular weight is 394 g/mol. The fourth-order valence-electron chi connectivity index (χ4n) is 2.70. The van der Waals surface area contributed by atoms with Gasteiger partial charge < -0.3 is 20.3 Å². The largest absolute Gasteiger partial charge is 0.477 e. The highest BCUT2D eigenvalue weighted by Crippen LogP contribution is 2.33. The van der Waals surface area contributed by atoms with E-state index in [1.165, 1.54) is 0 Å². The Bertz CT molecular complexity index is 844. The highest BCUT2D eigenvalue weighted by Gasteiger charge is 2.30. The fraction of sp³-hybridized carbons (Fsp3) is 0.222. The van der Waals surface area contributed by atoms with Crippen molar-refractivity contribution in [1.82, 2.24) is 5.32 Å². The SMILES string of the molecule is CNC(=O)C1CN(CC(=O)Nc2ccc(Cl)c(Cl)c2)c2ccccc2O1. The average Bonchev–Trinajstić information content (AvgIpc) is 2.64. The van der Waals surface area contributed by atoms with Gasteiger partial charge in [0.25, 0.3) is 5.91 Å². The van der Waals surface area contributed by atoms with E-state index >= 15 is 0 Å². The molecule has 3 rings (SSSR count). The summed E-state index contributed by atoms with van der Waals surface area (Å²) in [5.74, 6) is 0.0832. The van der Waals surface area contributed by atoms with Crippen LogP contribution in [0.1, 0.15) is 0 Å². The van der Waals surface area contributed by atoms with Crippen LogP contribution in [0.2, 0.25) is 10.0 Å². The third-order valence-electron chi connectivity index (χ3n) is 3.94. The molecule has 0 spiro atoms. The maximum absolute atomic E-state index is 12.5. The van der Waals surface area contributed by atoms with Crippen molar-refractivity contribution in [3.05, 3.63) is 52.5 Å². The van der Waals surface area contributed by atoms with Crippen molar-refractivity contribution in [2.24, 2.45) is 0 Å². The molecule has 0 aliphatic carbocycles. The molecule has 0 radical (unpaired) electrons. The summed E-state index contributed by atoms with van der Waals surface area (Å²) in [7, 11) is 1.55. The van der Waals surface area contributed by atoms with Crippen LogP contribution in [-0.4, -0.2) is 38.1 Å². The molecule has 1 heterocycles. The molecule has 0 fully saturated rings. The van der Waals surface area contributed by atoms with Gasteiger partial charge in [0.1, 0.15) is 5.75 Å². The highest BCUT2D eigenvalue weighted by molar-refractivity contribution is 6.42. The second-order valence-corrected chi connectivity index (χ2v) is 6.56. The van der Waals surface area contributed by atoms with Gasteiger partial charge in [-0.05, 0) is 30.3 Å². The summed E-state index contributed by atoms with van der Waals surface area (Å²) >= 11 is 11.9. The number of nitrogens with zero attached hydrogens (tertiary/aromatic N) is 1. The minimum absolute atomic E-state index is 0.0636. The first-order valence-electron chi connectivity index (χ1n) is 7.95. The van der Waals surface area contributed by atoms with Crippen molar-refractivity contribution in [3.8, 4) is 5.75 Å². The third kappa shape index (κ3) is 4.03. The number of rotatable bonds is 4. The van der Waals surface area contributed by atoms with Gasteiger partial charge in [-0.25, -0.2) is 0 Å². The Morgan fingerprint density at radius 1 is 1.19 bits per heavy atom. The van der Waals surface area contributed by atoms with Crippen LogP contribution < -0.4 is 20.3 Å². The number of anilines is 2. The minimum Gasteiger partial charge on any atom is -0.477 e. The summed E-state index contributed by atoms with van der Waals surface area (Å²) in [6.45, 7) is 0.333. The number of fused-ring (bicyclic) bond motifs is 1. The molecule has 6 nitrogen and oxygen atoms in total. The lowest BCUT2D eigenvalue weighted by atomic mass is 10.1. The van der Waals surface area contributed by atoms with E-state index in [0.717, 1.165) is 5.69 Å². The van der Waals surface area contributed by atoms with Gasteiger partial charge in [-0.2, -0.15) is 0 Å². The lowest BCUT2D eigenvalue weighted by Crippen LogP contribution is -2.50. The summed E-state index contributed by atoms with van der Waals surface area (Å²) in [4.78, 5) is 26.3. The summed E-state index contributed by atoms with van der Waals surface area (Å²) in [6, 6.07) is 12.2. The molecule has 1 unspecified atom stereocenters. The quantitative estimate of drug-likeness (QED) is 0.837. The number of likely N-dealkylation sites (N-methyl/N-ethyl adjacent to an activating group) is 1. The molecular weight excluding hydrogens is 377 g/mol. The number of hydrogen-bond donors (Lipinski definition) is 2. The molecule has 2 amide bonds. The zero-order chi connectivity index (χ0) is 18.7.